The van der Waals surface area contributed by atoms with E-state index < -0.39 is 0 Å². The third-order valence-electron chi connectivity index (χ3n) is 6.32. The van der Waals surface area contributed by atoms with Gasteiger partial charge in [0.2, 0.25) is 5.95 Å². The summed E-state index contributed by atoms with van der Waals surface area (Å²) >= 11 is 0. The van der Waals surface area contributed by atoms with Gasteiger partial charge in [0.25, 0.3) is 0 Å². The lowest BCUT2D eigenvalue weighted by molar-refractivity contribution is 0.540. The average Bonchev–Trinajstić information content (AvgIpc) is 3.23. The highest BCUT2D eigenvalue weighted by atomic mass is 15.2. The van der Waals surface area contributed by atoms with Crippen molar-refractivity contribution in [1.29, 1.82) is 0 Å². The summed E-state index contributed by atoms with van der Waals surface area (Å²) in [5, 5.41) is 2.38. The van der Waals surface area contributed by atoms with E-state index in [0.717, 1.165) is 22.4 Å². The Bertz CT molecular complexity index is 1600. The standard InChI is InChI=1S/C31H26N4/c1-31(2,3)29-32-28(23-19-17-22(18-20-23)21-11-5-4-6-12-21)33-30(34-29)35-26-15-9-7-13-24(26)25-14-8-10-16-27(25)35/h4-20H,1-3H3. The minimum Gasteiger partial charge on any atom is -0.278 e. The molecule has 170 valence electrons. The molecule has 2 heterocycles. The molecule has 2 aromatic heterocycles. The molecule has 4 aromatic carbocycles. The van der Waals surface area contributed by atoms with Crippen molar-refractivity contribution in [2.45, 2.75) is 26.2 Å². The zero-order chi connectivity index (χ0) is 24.0. The maximum absolute atomic E-state index is 5.00. The summed E-state index contributed by atoms with van der Waals surface area (Å²) in [5.74, 6) is 2.09. The first kappa shape index (κ1) is 21.2. The third-order valence-corrected chi connectivity index (χ3v) is 6.32. The van der Waals surface area contributed by atoms with E-state index >= 15 is 0 Å². The molecule has 0 aliphatic carbocycles. The van der Waals surface area contributed by atoms with E-state index in [9.17, 15) is 0 Å². The molecule has 0 unspecified atom stereocenters. The Morgan fingerprint density at radius 3 is 1.63 bits per heavy atom. The summed E-state index contributed by atoms with van der Waals surface area (Å²) in [6, 6.07) is 35.7. The Morgan fingerprint density at radius 1 is 0.514 bits per heavy atom. The van der Waals surface area contributed by atoms with Gasteiger partial charge in [0.15, 0.2) is 5.82 Å². The van der Waals surface area contributed by atoms with E-state index in [-0.39, 0.29) is 5.41 Å². The maximum atomic E-state index is 5.00. The Labute approximate surface area is 205 Å². The number of hydrogen-bond donors (Lipinski definition) is 0. The first-order valence-electron chi connectivity index (χ1n) is 11.9. The Balaban J connectivity index is 1.56. The molecule has 6 aromatic rings. The predicted molar refractivity (Wildman–Crippen MR) is 144 cm³/mol. The van der Waals surface area contributed by atoms with E-state index in [1.165, 1.54) is 21.9 Å². The number of rotatable bonds is 3. The lowest BCUT2D eigenvalue weighted by atomic mass is 9.95. The molecule has 0 amide bonds. The lowest BCUT2D eigenvalue weighted by Gasteiger charge is -2.19. The minimum absolute atomic E-state index is 0.227. The zero-order valence-corrected chi connectivity index (χ0v) is 20.1. The minimum atomic E-state index is -0.227. The molecule has 0 N–H and O–H groups in total. The van der Waals surface area contributed by atoms with Crippen LogP contribution in [0.2, 0.25) is 0 Å². The summed E-state index contributed by atoms with van der Waals surface area (Å²) in [4.78, 5) is 14.9. The van der Waals surface area contributed by atoms with Crippen LogP contribution in [0.25, 0.3) is 50.3 Å². The second-order valence-corrected chi connectivity index (χ2v) is 9.85. The van der Waals surface area contributed by atoms with E-state index in [4.69, 9.17) is 15.0 Å². The summed E-state index contributed by atoms with van der Waals surface area (Å²) in [6.45, 7) is 6.42. The largest absolute Gasteiger partial charge is 0.278 e. The summed E-state index contributed by atoms with van der Waals surface area (Å²) in [5.41, 5.74) is 5.28. The van der Waals surface area contributed by atoms with Gasteiger partial charge in [-0.2, -0.15) is 9.97 Å². The molecular formula is C31H26N4. The molecule has 0 bridgehead atoms. The van der Waals surface area contributed by atoms with Crippen molar-refractivity contribution in [3.63, 3.8) is 0 Å². The lowest BCUT2D eigenvalue weighted by Crippen LogP contribution is -2.19. The van der Waals surface area contributed by atoms with Crippen LogP contribution in [0.1, 0.15) is 26.6 Å². The van der Waals surface area contributed by atoms with E-state index in [1.807, 2.05) is 6.07 Å². The molecule has 0 fully saturated rings. The Kier molecular flexibility index (Phi) is 4.96. The SMILES string of the molecule is CC(C)(C)c1nc(-c2ccc(-c3ccccc3)cc2)nc(-n2c3ccccc3c3ccccc32)n1. The van der Waals surface area contributed by atoms with Crippen LogP contribution >= 0.6 is 0 Å². The fraction of sp³-hybridized carbons (Fsp3) is 0.129. The highest BCUT2D eigenvalue weighted by Crippen LogP contribution is 2.32. The Morgan fingerprint density at radius 2 is 1.03 bits per heavy atom. The molecule has 35 heavy (non-hydrogen) atoms. The number of nitrogens with zero attached hydrogens (tertiary/aromatic N) is 4. The van der Waals surface area contributed by atoms with Gasteiger partial charge in [-0.1, -0.05) is 112 Å². The van der Waals surface area contributed by atoms with Gasteiger partial charge >= 0.3 is 0 Å². The number of benzene rings is 4. The highest BCUT2D eigenvalue weighted by molar-refractivity contribution is 6.08. The zero-order valence-electron chi connectivity index (χ0n) is 20.1. The Hall–Kier alpha value is -4.31. The van der Waals surface area contributed by atoms with Crippen LogP contribution in [0.4, 0.5) is 0 Å². The molecule has 0 aliphatic heterocycles. The number of fused-ring (bicyclic) bond motifs is 3. The van der Waals surface area contributed by atoms with Gasteiger partial charge in [0.05, 0.1) is 11.0 Å². The molecular weight excluding hydrogens is 428 g/mol. The number of para-hydroxylation sites is 2. The third kappa shape index (κ3) is 3.77. The van der Waals surface area contributed by atoms with E-state index in [0.29, 0.717) is 11.8 Å². The van der Waals surface area contributed by atoms with Crippen LogP contribution in [0, 0.1) is 0 Å². The van der Waals surface area contributed by atoms with Crippen LogP contribution in [-0.2, 0) is 5.41 Å². The van der Waals surface area contributed by atoms with Crippen molar-refractivity contribution in [2.24, 2.45) is 0 Å². The van der Waals surface area contributed by atoms with Gasteiger partial charge in [-0.05, 0) is 23.3 Å². The molecule has 4 nitrogen and oxygen atoms in total. The second kappa shape index (κ2) is 8.17. The molecule has 0 spiro atoms. The van der Waals surface area contributed by atoms with Crippen molar-refractivity contribution in [1.82, 2.24) is 19.5 Å². The van der Waals surface area contributed by atoms with Gasteiger partial charge < -0.3 is 0 Å². The predicted octanol–water partition coefficient (Wildman–Crippen LogP) is 7.60. The van der Waals surface area contributed by atoms with Crippen molar-refractivity contribution in [3.05, 3.63) is 109 Å². The van der Waals surface area contributed by atoms with Crippen LogP contribution in [0.5, 0.6) is 0 Å². The quantitative estimate of drug-likeness (QED) is 0.276. The molecule has 0 saturated carbocycles. The summed E-state index contributed by atoms with van der Waals surface area (Å²) < 4.78 is 2.16. The van der Waals surface area contributed by atoms with Gasteiger partial charge in [-0.15, -0.1) is 0 Å². The second-order valence-electron chi connectivity index (χ2n) is 9.85. The van der Waals surface area contributed by atoms with Gasteiger partial charge in [-0.3, -0.25) is 4.57 Å². The first-order valence-corrected chi connectivity index (χ1v) is 11.9. The van der Waals surface area contributed by atoms with Crippen molar-refractivity contribution in [2.75, 3.05) is 0 Å². The van der Waals surface area contributed by atoms with E-state index in [2.05, 4.69) is 122 Å². The average molecular weight is 455 g/mol. The van der Waals surface area contributed by atoms with Crippen LogP contribution < -0.4 is 0 Å². The van der Waals surface area contributed by atoms with Crippen LogP contribution in [-0.4, -0.2) is 19.5 Å². The van der Waals surface area contributed by atoms with Crippen LogP contribution in [0.3, 0.4) is 0 Å². The molecule has 4 heteroatoms. The van der Waals surface area contributed by atoms with Crippen molar-refractivity contribution >= 4 is 21.8 Å². The highest BCUT2D eigenvalue weighted by Gasteiger charge is 2.22. The normalized spacial score (nSPS) is 11.9. The fourth-order valence-electron chi connectivity index (χ4n) is 4.51. The van der Waals surface area contributed by atoms with Crippen LogP contribution in [0.15, 0.2) is 103 Å². The number of hydrogen-bond acceptors (Lipinski definition) is 3. The maximum Gasteiger partial charge on any atom is 0.238 e. The topological polar surface area (TPSA) is 43.6 Å². The molecule has 0 saturated heterocycles. The van der Waals surface area contributed by atoms with Crippen molar-refractivity contribution in [3.8, 4) is 28.5 Å². The number of aromatic nitrogens is 4. The molecule has 0 radical (unpaired) electrons. The summed E-state index contributed by atoms with van der Waals surface area (Å²) in [7, 11) is 0. The van der Waals surface area contributed by atoms with Gasteiger partial charge in [0.1, 0.15) is 5.82 Å². The fourth-order valence-corrected chi connectivity index (χ4v) is 4.51. The van der Waals surface area contributed by atoms with E-state index in [1.54, 1.807) is 0 Å². The monoisotopic (exact) mass is 454 g/mol. The van der Waals surface area contributed by atoms with Crippen molar-refractivity contribution < 1.29 is 0 Å². The smallest absolute Gasteiger partial charge is 0.238 e. The summed E-state index contributed by atoms with van der Waals surface area (Å²) in [6.07, 6.45) is 0. The first-order chi connectivity index (χ1) is 17.0. The van der Waals surface area contributed by atoms with Gasteiger partial charge in [-0.25, -0.2) is 4.98 Å². The molecule has 0 aliphatic rings. The van der Waals surface area contributed by atoms with Gasteiger partial charge in [0, 0.05) is 21.8 Å². The molecule has 6 rings (SSSR count). The molecule has 0 atom stereocenters.